The minimum atomic E-state index is -0.288. The minimum absolute atomic E-state index is 0.0502. The van der Waals surface area contributed by atoms with Crippen LogP contribution in [-0.4, -0.2) is 36.2 Å². The van der Waals surface area contributed by atoms with E-state index in [1.54, 1.807) is 55.6 Å². The molecule has 6 nitrogen and oxygen atoms in total. The molecule has 2 N–H and O–H groups in total. The van der Waals surface area contributed by atoms with Gasteiger partial charge < -0.3 is 15.5 Å². The second-order valence-electron chi connectivity index (χ2n) is 5.86. The molecule has 0 aliphatic heterocycles. The Labute approximate surface area is 157 Å². The van der Waals surface area contributed by atoms with Crippen molar-refractivity contribution in [2.24, 2.45) is 0 Å². The first-order valence-corrected chi connectivity index (χ1v) is 8.37. The van der Waals surface area contributed by atoms with Crippen LogP contribution >= 0.6 is 11.6 Å². The van der Waals surface area contributed by atoms with Crippen molar-refractivity contribution in [1.29, 1.82) is 0 Å². The smallest absolute Gasteiger partial charge is 0.243 e. The maximum absolute atomic E-state index is 12.3. The van der Waals surface area contributed by atoms with E-state index >= 15 is 0 Å². The summed E-state index contributed by atoms with van der Waals surface area (Å²) in [7, 11) is 1.58. The van der Waals surface area contributed by atoms with E-state index in [1.165, 1.54) is 11.8 Å². The van der Waals surface area contributed by atoms with Gasteiger partial charge in [-0.2, -0.15) is 0 Å². The molecule has 0 fully saturated rings. The summed E-state index contributed by atoms with van der Waals surface area (Å²) < 4.78 is 0. The average Bonchev–Trinajstić information content (AvgIpc) is 2.58. The van der Waals surface area contributed by atoms with E-state index in [0.717, 1.165) is 5.56 Å². The van der Waals surface area contributed by atoms with Gasteiger partial charge in [0.25, 0.3) is 0 Å². The lowest BCUT2D eigenvalue weighted by molar-refractivity contribution is -0.132. The van der Waals surface area contributed by atoms with Gasteiger partial charge in [-0.15, -0.1) is 0 Å². The number of anilines is 2. The van der Waals surface area contributed by atoms with Crippen molar-refractivity contribution in [2.75, 3.05) is 24.2 Å². The Morgan fingerprint density at radius 2 is 1.46 bits per heavy atom. The zero-order valence-electron chi connectivity index (χ0n) is 14.6. The summed E-state index contributed by atoms with van der Waals surface area (Å²) >= 11 is 5.80. The first-order chi connectivity index (χ1) is 12.3. The van der Waals surface area contributed by atoms with Gasteiger partial charge in [-0.1, -0.05) is 23.7 Å². The molecule has 0 radical (unpaired) electrons. The number of amides is 3. The molecule has 3 amide bonds. The molecule has 7 heteroatoms. The van der Waals surface area contributed by atoms with Crippen LogP contribution < -0.4 is 10.6 Å². The highest BCUT2D eigenvalue weighted by Crippen LogP contribution is 2.13. The van der Waals surface area contributed by atoms with Gasteiger partial charge in [0, 0.05) is 30.4 Å². The molecule has 2 aromatic rings. The molecule has 0 heterocycles. The Kier molecular flexibility index (Phi) is 6.74. The summed E-state index contributed by atoms with van der Waals surface area (Å²) in [6.45, 7) is 1.38. The van der Waals surface area contributed by atoms with E-state index in [2.05, 4.69) is 10.6 Å². The summed E-state index contributed by atoms with van der Waals surface area (Å²) in [4.78, 5) is 36.7. The third-order valence-electron chi connectivity index (χ3n) is 3.56. The molecule has 136 valence electrons. The highest BCUT2D eigenvalue weighted by Gasteiger charge is 2.14. The lowest BCUT2D eigenvalue weighted by Crippen LogP contribution is -2.35. The largest absolute Gasteiger partial charge is 0.336 e. The Hall–Kier alpha value is -2.86. The fourth-order valence-corrected chi connectivity index (χ4v) is 2.38. The first kappa shape index (κ1) is 19.5. The van der Waals surface area contributed by atoms with Gasteiger partial charge in [0.05, 0.1) is 13.0 Å². The SMILES string of the molecule is CC(=O)Nc1ccc(CC(=O)N(C)CC(=O)Nc2ccc(Cl)cc2)cc1. The van der Waals surface area contributed by atoms with E-state index in [-0.39, 0.29) is 30.7 Å². The number of nitrogens with one attached hydrogen (secondary N) is 2. The Balaban J connectivity index is 1.85. The van der Waals surface area contributed by atoms with Gasteiger partial charge in [0.2, 0.25) is 17.7 Å². The zero-order valence-corrected chi connectivity index (χ0v) is 15.3. The van der Waals surface area contributed by atoms with Gasteiger partial charge in [-0.3, -0.25) is 14.4 Å². The van der Waals surface area contributed by atoms with Crippen LogP contribution in [0.5, 0.6) is 0 Å². The van der Waals surface area contributed by atoms with Crippen molar-refractivity contribution < 1.29 is 14.4 Å². The second kappa shape index (κ2) is 9.01. The van der Waals surface area contributed by atoms with Crippen LogP contribution in [0.2, 0.25) is 5.02 Å². The third kappa shape index (κ3) is 6.22. The normalized spacial score (nSPS) is 10.1. The number of hydrogen-bond donors (Lipinski definition) is 2. The summed E-state index contributed by atoms with van der Waals surface area (Å²) in [6.07, 6.45) is 0.172. The summed E-state index contributed by atoms with van der Waals surface area (Å²) in [5, 5.41) is 5.96. The maximum atomic E-state index is 12.3. The van der Waals surface area contributed by atoms with Gasteiger partial charge in [0.15, 0.2) is 0 Å². The number of rotatable bonds is 6. The first-order valence-electron chi connectivity index (χ1n) is 7.99. The highest BCUT2D eigenvalue weighted by atomic mass is 35.5. The summed E-state index contributed by atoms with van der Waals surface area (Å²) in [5.41, 5.74) is 2.09. The van der Waals surface area contributed by atoms with E-state index in [0.29, 0.717) is 16.4 Å². The van der Waals surface area contributed by atoms with Crippen LogP contribution in [0.3, 0.4) is 0 Å². The molecule has 0 spiro atoms. The molecule has 0 atom stereocenters. The van der Waals surface area contributed by atoms with E-state index in [4.69, 9.17) is 11.6 Å². The predicted octanol–water partition coefficient (Wildman–Crippen LogP) is 2.94. The van der Waals surface area contributed by atoms with Crippen molar-refractivity contribution in [3.63, 3.8) is 0 Å². The molecular formula is C19H20ClN3O3. The number of likely N-dealkylation sites (N-methyl/N-ethyl adjacent to an activating group) is 1. The number of halogens is 1. The van der Waals surface area contributed by atoms with Crippen LogP contribution in [0, 0.1) is 0 Å². The minimum Gasteiger partial charge on any atom is -0.336 e. The Morgan fingerprint density at radius 3 is 2.04 bits per heavy atom. The van der Waals surface area contributed by atoms with Crippen molar-refractivity contribution in [3.05, 3.63) is 59.1 Å². The van der Waals surface area contributed by atoms with Crippen LogP contribution in [0.25, 0.3) is 0 Å². The maximum Gasteiger partial charge on any atom is 0.243 e. The Bertz CT molecular complexity index is 789. The molecule has 26 heavy (non-hydrogen) atoms. The number of benzene rings is 2. The molecule has 0 saturated heterocycles. The van der Waals surface area contributed by atoms with Crippen molar-refractivity contribution in [3.8, 4) is 0 Å². The van der Waals surface area contributed by atoms with Gasteiger partial charge in [-0.25, -0.2) is 0 Å². The zero-order chi connectivity index (χ0) is 19.1. The molecule has 0 bridgehead atoms. The van der Waals surface area contributed by atoms with Gasteiger partial charge in [-0.05, 0) is 42.0 Å². The third-order valence-corrected chi connectivity index (χ3v) is 3.82. The standard InChI is InChI=1S/C19H20ClN3O3/c1-13(24)21-16-7-3-14(4-8-16)11-19(26)23(2)12-18(25)22-17-9-5-15(20)6-10-17/h3-10H,11-12H2,1-2H3,(H,21,24)(H,22,25). The number of carbonyl (C=O) groups is 3. The molecular weight excluding hydrogens is 354 g/mol. The summed E-state index contributed by atoms with van der Waals surface area (Å²) in [5.74, 6) is -0.618. The molecule has 2 aromatic carbocycles. The fraction of sp³-hybridized carbons (Fsp3) is 0.211. The average molecular weight is 374 g/mol. The number of carbonyl (C=O) groups excluding carboxylic acids is 3. The van der Waals surface area contributed by atoms with E-state index in [9.17, 15) is 14.4 Å². The Morgan fingerprint density at radius 1 is 0.923 bits per heavy atom. The van der Waals surface area contributed by atoms with Gasteiger partial charge in [0.1, 0.15) is 0 Å². The molecule has 0 aliphatic carbocycles. The van der Waals surface area contributed by atoms with Crippen molar-refractivity contribution in [1.82, 2.24) is 4.90 Å². The molecule has 0 aliphatic rings. The molecule has 0 unspecified atom stereocenters. The second-order valence-corrected chi connectivity index (χ2v) is 6.30. The number of hydrogen-bond acceptors (Lipinski definition) is 3. The van der Waals surface area contributed by atoms with Crippen molar-refractivity contribution >= 4 is 40.7 Å². The fourth-order valence-electron chi connectivity index (χ4n) is 2.26. The van der Waals surface area contributed by atoms with Gasteiger partial charge >= 0.3 is 0 Å². The highest BCUT2D eigenvalue weighted by molar-refractivity contribution is 6.30. The monoisotopic (exact) mass is 373 g/mol. The van der Waals surface area contributed by atoms with Crippen LogP contribution in [-0.2, 0) is 20.8 Å². The molecule has 2 rings (SSSR count). The van der Waals surface area contributed by atoms with Crippen molar-refractivity contribution in [2.45, 2.75) is 13.3 Å². The van der Waals surface area contributed by atoms with E-state index in [1.807, 2.05) is 0 Å². The lowest BCUT2D eigenvalue weighted by Gasteiger charge is -2.17. The van der Waals surface area contributed by atoms with E-state index < -0.39 is 0 Å². The molecule has 0 saturated carbocycles. The van der Waals surface area contributed by atoms with Crippen LogP contribution in [0.15, 0.2) is 48.5 Å². The topological polar surface area (TPSA) is 78.5 Å². The molecule has 0 aromatic heterocycles. The predicted molar refractivity (Wildman–Crippen MR) is 102 cm³/mol. The number of nitrogens with zero attached hydrogens (tertiary/aromatic N) is 1. The van der Waals surface area contributed by atoms with Crippen LogP contribution in [0.4, 0.5) is 11.4 Å². The summed E-state index contributed by atoms with van der Waals surface area (Å²) in [6, 6.07) is 13.7. The van der Waals surface area contributed by atoms with Crippen LogP contribution in [0.1, 0.15) is 12.5 Å². The lowest BCUT2D eigenvalue weighted by atomic mass is 10.1. The quantitative estimate of drug-likeness (QED) is 0.817.